The van der Waals surface area contributed by atoms with Gasteiger partial charge in [0.1, 0.15) is 17.2 Å². The molecule has 3 heterocycles. The van der Waals surface area contributed by atoms with Crippen LogP contribution < -0.4 is 16.8 Å². The lowest BCUT2D eigenvalue weighted by Crippen LogP contribution is -2.23. The molecule has 5 N–H and O–H groups in total. The van der Waals surface area contributed by atoms with Gasteiger partial charge in [-0.25, -0.2) is 19.0 Å². The van der Waals surface area contributed by atoms with Crippen molar-refractivity contribution in [2.75, 3.05) is 16.8 Å². The number of hydrogen-bond acceptors (Lipinski definition) is 8. The topological polar surface area (TPSA) is 151 Å². The molecule has 1 aliphatic carbocycles. The fourth-order valence-electron chi connectivity index (χ4n) is 3.39. The van der Waals surface area contributed by atoms with E-state index < -0.39 is 5.41 Å². The Morgan fingerprint density at radius 2 is 1.91 bits per heavy atom. The maximum Gasteiger partial charge on any atom is 0.230 e. The minimum absolute atomic E-state index is 0.0314. The summed E-state index contributed by atoms with van der Waals surface area (Å²) >= 11 is 0. The molecular weight excluding hydrogens is 413 g/mol. The predicted octanol–water partition coefficient (Wildman–Crippen LogP) is 2.37. The minimum atomic E-state index is -0.405. The summed E-state index contributed by atoms with van der Waals surface area (Å²) in [6.45, 7) is 2.01. The number of anilines is 3. The Kier molecular flexibility index (Phi) is 4.47. The Hall–Kier alpha value is -4.15. The predicted molar refractivity (Wildman–Crippen MR) is 117 cm³/mol. The van der Waals surface area contributed by atoms with E-state index >= 15 is 0 Å². The van der Waals surface area contributed by atoms with Crippen LogP contribution in [-0.2, 0) is 11.3 Å². The Morgan fingerprint density at radius 1 is 1.19 bits per heavy atom. The van der Waals surface area contributed by atoms with E-state index in [1.54, 1.807) is 24.3 Å². The van der Waals surface area contributed by atoms with E-state index in [0.29, 0.717) is 22.3 Å². The Balaban J connectivity index is 1.55. The highest BCUT2D eigenvalue weighted by molar-refractivity contribution is 6.01. The number of nitrogen functional groups attached to an aromatic ring is 2. The van der Waals surface area contributed by atoms with E-state index in [4.69, 9.17) is 11.5 Å². The normalized spacial score (nSPS) is 14.4. The van der Waals surface area contributed by atoms with Crippen molar-refractivity contribution in [3.05, 3.63) is 47.9 Å². The number of amides is 1. The van der Waals surface area contributed by atoms with Gasteiger partial charge in [0, 0.05) is 11.0 Å². The van der Waals surface area contributed by atoms with Crippen LogP contribution in [0.4, 0.5) is 21.7 Å². The average Bonchev–Trinajstić information content (AvgIpc) is 3.43. The van der Waals surface area contributed by atoms with Gasteiger partial charge in [-0.15, -0.1) is 5.10 Å². The van der Waals surface area contributed by atoms with Gasteiger partial charge < -0.3 is 16.8 Å². The van der Waals surface area contributed by atoms with Crippen molar-refractivity contribution in [1.29, 1.82) is 0 Å². The van der Waals surface area contributed by atoms with E-state index in [9.17, 15) is 9.18 Å². The molecule has 4 aromatic rings. The molecule has 0 unspecified atom stereocenters. The van der Waals surface area contributed by atoms with Gasteiger partial charge in [-0.1, -0.05) is 25.1 Å². The smallest absolute Gasteiger partial charge is 0.230 e. The van der Waals surface area contributed by atoms with Crippen LogP contribution in [0, 0.1) is 11.2 Å². The number of carbonyl (C=O) groups excluding carboxylic acids is 1. The molecular formula is C21H20FN9O. The second-order valence-electron chi connectivity index (χ2n) is 8.07. The molecule has 0 spiro atoms. The molecule has 1 aliphatic rings. The summed E-state index contributed by atoms with van der Waals surface area (Å²) in [5.41, 5.74) is 13.2. The molecule has 0 atom stereocenters. The number of hydrogen-bond donors (Lipinski definition) is 3. The molecule has 0 saturated heterocycles. The lowest BCUT2D eigenvalue weighted by Gasteiger charge is -2.13. The highest BCUT2D eigenvalue weighted by atomic mass is 19.1. The minimum Gasteiger partial charge on any atom is -0.382 e. The van der Waals surface area contributed by atoms with Crippen LogP contribution in [-0.4, -0.2) is 35.9 Å². The van der Waals surface area contributed by atoms with Gasteiger partial charge in [0.05, 0.1) is 18.1 Å². The Morgan fingerprint density at radius 3 is 2.59 bits per heavy atom. The van der Waals surface area contributed by atoms with Crippen LogP contribution in [0.3, 0.4) is 0 Å². The van der Waals surface area contributed by atoms with Gasteiger partial charge in [0.25, 0.3) is 0 Å². The molecule has 0 radical (unpaired) electrons. The van der Waals surface area contributed by atoms with Gasteiger partial charge >= 0.3 is 0 Å². The summed E-state index contributed by atoms with van der Waals surface area (Å²) in [6, 6.07) is 8.13. The number of halogens is 1. The summed E-state index contributed by atoms with van der Waals surface area (Å²) < 4.78 is 15.7. The number of nitrogens with one attached hydrogen (secondary N) is 1. The fraction of sp³-hybridized carbons (Fsp3) is 0.238. The van der Waals surface area contributed by atoms with E-state index in [1.165, 1.54) is 16.9 Å². The molecule has 0 aliphatic heterocycles. The van der Waals surface area contributed by atoms with Crippen molar-refractivity contribution in [2.24, 2.45) is 5.41 Å². The van der Waals surface area contributed by atoms with Gasteiger partial charge in [0.2, 0.25) is 5.91 Å². The van der Waals surface area contributed by atoms with E-state index in [2.05, 4.69) is 30.6 Å². The zero-order chi connectivity index (χ0) is 22.5. The molecule has 10 nitrogen and oxygen atoms in total. The number of carbonyl (C=O) groups is 1. The molecule has 1 aromatic carbocycles. The van der Waals surface area contributed by atoms with Crippen molar-refractivity contribution in [3.63, 3.8) is 0 Å². The monoisotopic (exact) mass is 433 g/mol. The molecule has 1 amide bonds. The van der Waals surface area contributed by atoms with Crippen LogP contribution in [0.25, 0.3) is 22.6 Å². The Labute approximate surface area is 181 Å². The maximum absolute atomic E-state index is 14.2. The fourth-order valence-corrected chi connectivity index (χ4v) is 3.39. The largest absolute Gasteiger partial charge is 0.382 e. The van der Waals surface area contributed by atoms with E-state index in [0.717, 1.165) is 12.8 Å². The number of aromatic nitrogens is 6. The molecule has 11 heteroatoms. The van der Waals surface area contributed by atoms with Crippen molar-refractivity contribution >= 4 is 34.3 Å². The SMILES string of the molecule is CC1(C(=O)Nc2c(N)nc(-c3nn(Cc4ccccc4F)c4nnccc34)nc2N)CC1. The van der Waals surface area contributed by atoms with Crippen LogP contribution in [0.2, 0.25) is 0 Å². The molecule has 3 aromatic heterocycles. The van der Waals surface area contributed by atoms with Gasteiger partial charge in [0.15, 0.2) is 23.1 Å². The van der Waals surface area contributed by atoms with Gasteiger partial charge in [-0.2, -0.15) is 10.2 Å². The molecule has 1 saturated carbocycles. The third-order valence-electron chi connectivity index (χ3n) is 5.66. The van der Waals surface area contributed by atoms with Crippen molar-refractivity contribution in [1.82, 2.24) is 29.9 Å². The summed E-state index contributed by atoms with van der Waals surface area (Å²) in [5.74, 6) is -0.285. The first-order valence-electron chi connectivity index (χ1n) is 10.0. The van der Waals surface area contributed by atoms with Crippen LogP contribution >= 0.6 is 0 Å². The molecule has 0 bridgehead atoms. The summed E-state index contributed by atoms with van der Waals surface area (Å²) in [4.78, 5) is 21.0. The average molecular weight is 433 g/mol. The van der Waals surface area contributed by atoms with Crippen LogP contribution in [0.5, 0.6) is 0 Å². The molecule has 32 heavy (non-hydrogen) atoms. The maximum atomic E-state index is 14.2. The molecule has 1 fully saturated rings. The highest BCUT2D eigenvalue weighted by Crippen LogP contribution is 2.46. The first kappa shape index (κ1) is 19.8. The number of nitrogens with two attached hydrogens (primary N) is 2. The number of nitrogens with zero attached hydrogens (tertiary/aromatic N) is 6. The lowest BCUT2D eigenvalue weighted by molar-refractivity contribution is -0.120. The zero-order valence-electron chi connectivity index (χ0n) is 17.2. The van der Waals surface area contributed by atoms with E-state index in [-0.39, 0.29) is 41.4 Å². The molecule has 162 valence electrons. The second-order valence-corrected chi connectivity index (χ2v) is 8.07. The van der Waals surface area contributed by atoms with Crippen molar-refractivity contribution in [2.45, 2.75) is 26.3 Å². The van der Waals surface area contributed by atoms with E-state index in [1.807, 2.05) is 6.92 Å². The zero-order valence-corrected chi connectivity index (χ0v) is 17.2. The first-order valence-corrected chi connectivity index (χ1v) is 10.0. The molecule has 5 rings (SSSR count). The van der Waals surface area contributed by atoms with Crippen LogP contribution in [0.1, 0.15) is 25.3 Å². The number of fused-ring (bicyclic) bond motifs is 1. The third-order valence-corrected chi connectivity index (χ3v) is 5.66. The van der Waals surface area contributed by atoms with Crippen LogP contribution in [0.15, 0.2) is 36.5 Å². The van der Waals surface area contributed by atoms with Crippen molar-refractivity contribution < 1.29 is 9.18 Å². The number of benzene rings is 1. The third kappa shape index (κ3) is 3.37. The van der Waals surface area contributed by atoms with Gasteiger partial charge in [-0.05, 0) is 25.0 Å². The summed E-state index contributed by atoms with van der Waals surface area (Å²) in [7, 11) is 0. The highest BCUT2D eigenvalue weighted by Gasteiger charge is 2.45. The Bertz CT molecular complexity index is 1340. The number of rotatable bonds is 5. The summed E-state index contributed by atoms with van der Waals surface area (Å²) in [6.07, 6.45) is 3.13. The van der Waals surface area contributed by atoms with Crippen molar-refractivity contribution in [3.8, 4) is 11.5 Å². The lowest BCUT2D eigenvalue weighted by atomic mass is 10.1. The quantitative estimate of drug-likeness (QED) is 0.434. The standard InChI is InChI=1S/C21H20FN9O/c1-21(7-8-21)20(32)26-15-16(23)27-18(28-17(15)24)14-12-6-9-25-29-19(12)31(30-14)10-11-4-2-3-5-13(11)22/h2-6,9H,7-8,10H2,1H3,(H,26,32)(H4,23,24,27,28). The first-order chi connectivity index (χ1) is 15.4. The second kappa shape index (κ2) is 7.22. The van der Waals surface area contributed by atoms with Gasteiger partial charge in [-0.3, -0.25) is 4.79 Å². The summed E-state index contributed by atoms with van der Waals surface area (Å²) in [5, 5.41) is 15.9.